The molecule has 4 saturated carbocycles. The van der Waals surface area contributed by atoms with Crippen molar-refractivity contribution in [3.63, 3.8) is 0 Å². The fourth-order valence-corrected chi connectivity index (χ4v) is 18.9. The fraction of sp³-hybridized carbons (Fsp3) is 0.707. The maximum Gasteiger partial charge on any atom is 0.0910 e. The average molecular weight is 665 g/mol. The topological polar surface area (TPSA) is 6.48 Å². The highest BCUT2D eigenvalue weighted by Crippen LogP contribution is 2.57. The van der Waals surface area contributed by atoms with Crippen LogP contribution in [0.15, 0.2) is 24.3 Å². The van der Waals surface area contributed by atoms with Gasteiger partial charge in [-0.15, -0.1) is 0 Å². The molecule has 2 nitrogen and oxygen atoms in total. The van der Waals surface area contributed by atoms with E-state index in [1.807, 2.05) is 0 Å². The van der Waals surface area contributed by atoms with E-state index >= 15 is 0 Å². The molecule has 6 radical (unpaired) electrons. The summed E-state index contributed by atoms with van der Waals surface area (Å²) in [6, 6.07) is 10.9. The lowest BCUT2D eigenvalue weighted by Gasteiger charge is -2.47. The minimum absolute atomic E-state index is 0. The molecule has 0 N–H and O–H groups in total. The summed E-state index contributed by atoms with van der Waals surface area (Å²) in [5.41, 5.74) is 13.5. The molecule has 0 aromatic heterocycles. The van der Waals surface area contributed by atoms with E-state index in [-0.39, 0.29) is 32.7 Å². The van der Waals surface area contributed by atoms with Gasteiger partial charge >= 0.3 is 0 Å². The Balaban J connectivity index is 0.00000193. The van der Waals surface area contributed by atoms with Crippen molar-refractivity contribution in [1.29, 1.82) is 0 Å². The summed E-state index contributed by atoms with van der Waals surface area (Å²) < 4.78 is 0. The van der Waals surface area contributed by atoms with Crippen molar-refractivity contribution < 1.29 is 0 Å². The molecule has 4 fully saturated rings. The van der Waals surface area contributed by atoms with E-state index in [2.05, 4.69) is 47.9 Å². The molecule has 2 bridgehead atoms. The average Bonchev–Trinajstić information content (AvgIpc) is 3.06. The third-order valence-corrected chi connectivity index (χ3v) is 19.8. The van der Waals surface area contributed by atoms with Crippen molar-refractivity contribution in [2.45, 2.75) is 178 Å². The van der Waals surface area contributed by atoms with Gasteiger partial charge in [-0.2, -0.15) is 0 Å². The van der Waals surface area contributed by atoms with Crippen LogP contribution in [0.2, 0.25) is 0 Å². The zero-order valence-electron chi connectivity index (χ0n) is 29.8. The van der Waals surface area contributed by atoms with Gasteiger partial charge in [-0.05, 0) is 145 Å². The quantitative estimate of drug-likeness (QED) is 0.224. The molecule has 2 heterocycles. The van der Waals surface area contributed by atoms with Crippen molar-refractivity contribution in [2.24, 2.45) is 0 Å². The number of fused-ring (bicyclic) bond motifs is 6. The van der Waals surface area contributed by atoms with E-state index in [4.69, 9.17) is 0 Å². The van der Waals surface area contributed by atoms with E-state index in [0.29, 0.717) is 0 Å². The minimum atomic E-state index is -0.0570. The normalized spacial score (nSPS) is 22.9. The fourth-order valence-electron chi connectivity index (χ4n) is 11.0. The molecule has 6 heteroatoms. The van der Waals surface area contributed by atoms with Crippen LogP contribution in [0.1, 0.15) is 151 Å². The van der Waals surface area contributed by atoms with E-state index in [1.165, 1.54) is 128 Å². The van der Waals surface area contributed by atoms with Gasteiger partial charge in [0, 0.05) is 41.3 Å². The van der Waals surface area contributed by atoms with Gasteiger partial charge in [-0.25, -0.2) is 0 Å². The zero-order valence-corrected chi connectivity index (χ0v) is 31.6. The summed E-state index contributed by atoms with van der Waals surface area (Å²) in [4.78, 5) is 5.55. The van der Waals surface area contributed by atoms with E-state index in [0.717, 1.165) is 42.4 Å². The Morgan fingerprint density at radius 3 is 1.04 bits per heavy atom. The molecule has 250 valence electrons. The van der Waals surface area contributed by atoms with Crippen LogP contribution in [-0.2, 0) is 13.1 Å². The Morgan fingerprint density at radius 2 is 0.745 bits per heavy atom. The van der Waals surface area contributed by atoms with E-state index in [9.17, 15) is 0 Å². The molecule has 0 atom stereocenters. The van der Waals surface area contributed by atoms with Gasteiger partial charge in [0.2, 0.25) is 0 Å². The summed E-state index contributed by atoms with van der Waals surface area (Å²) in [5.74, 6) is 0. The summed E-state index contributed by atoms with van der Waals surface area (Å²) in [6.07, 6.45) is 29.7. The lowest BCUT2D eigenvalue weighted by atomic mass is 9.97. The smallest absolute Gasteiger partial charge is 0.0910 e. The first-order valence-corrected chi connectivity index (χ1v) is 22.4. The first kappa shape index (κ1) is 35.8. The molecule has 2 aromatic carbocycles. The van der Waals surface area contributed by atoms with Crippen molar-refractivity contribution in [3.05, 3.63) is 46.5 Å². The SMILES string of the molecule is Cc1cc(P(C2CCCCC2)C2CCCCC2)cc2c1N1Cc3cc(P(C4CCCCC4)C4CCCCC4)cc(C)c3N(C2)C1.[B].[B]. The first-order chi connectivity index (χ1) is 22.1. The molecular weight excluding hydrogens is 604 g/mol. The number of hydrogen-bond donors (Lipinski definition) is 0. The Kier molecular flexibility index (Phi) is 12.1. The van der Waals surface area contributed by atoms with Crippen LogP contribution in [0, 0.1) is 13.8 Å². The van der Waals surface area contributed by atoms with Crippen LogP contribution < -0.4 is 20.4 Å². The van der Waals surface area contributed by atoms with Crippen LogP contribution in [-0.4, -0.2) is 46.1 Å². The standard InChI is InChI=1S/C41H60N2P2.2B/c1-30-23-38(44(34-15-7-3-8-16-34)35-17-9-4-10-18-35)25-32-27-43-29-42(40(30)32)28-33-26-39(24-31(2)41(33)43)45(36-19-11-5-12-20-36)37-21-13-6-14-22-37;;/h23-26,34-37H,3-22,27-29H2,1-2H3;;. The summed E-state index contributed by atoms with van der Waals surface area (Å²) in [5, 5.41) is 3.56. The molecule has 0 amide bonds. The molecule has 8 rings (SSSR count). The zero-order chi connectivity index (χ0) is 30.3. The highest BCUT2D eigenvalue weighted by Gasteiger charge is 2.38. The summed E-state index contributed by atoms with van der Waals surface area (Å²) >= 11 is 0. The number of benzene rings is 2. The number of nitrogens with zero attached hydrogens (tertiary/aromatic N) is 2. The molecule has 47 heavy (non-hydrogen) atoms. The lowest BCUT2D eigenvalue weighted by molar-refractivity contribution is 0.487. The van der Waals surface area contributed by atoms with Gasteiger partial charge in [0.1, 0.15) is 0 Å². The minimum Gasteiger partial charge on any atom is -0.349 e. The highest BCUT2D eigenvalue weighted by atomic mass is 31.1. The maximum atomic E-state index is 2.77. The van der Waals surface area contributed by atoms with Crippen molar-refractivity contribution in [3.8, 4) is 0 Å². The molecule has 6 aliphatic rings. The first-order valence-electron chi connectivity index (χ1n) is 19.5. The molecular formula is C41H60B2N2P2. The van der Waals surface area contributed by atoms with Crippen LogP contribution in [0.3, 0.4) is 0 Å². The van der Waals surface area contributed by atoms with Crippen molar-refractivity contribution >= 4 is 54.7 Å². The van der Waals surface area contributed by atoms with E-state index < -0.39 is 0 Å². The molecule has 0 spiro atoms. The Labute approximate surface area is 294 Å². The third-order valence-electron chi connectivity index (χ3n) is 12.9. The second-order valence-corrected chi connectivity index (χ2v) is 21.6. The molecule has 2 aromatic rings. The predicted octanol–water partition coefficient (Wildman–Crippen LogP) is 10.4. The van der Waals surface area contributed by atoms with Crippen LogP contribution in [0.4, 0.5) is 11.4 Å². The van der Waals surface area contributed by atoms with E-state index in [1.54, 1.807) is 44.2 Å². The summed E-state index contributed by atoms with van der Waals surface area (Å²) in [6.45, 7) is 8.21. The third kappa shape index (κ3) is 7.28. The number of aryl methyl sites for hydroxylation is 2. The summed E-state index contributed by atoms with van der Waals surface area (Å²) in [7, 11) is -0.114. The molecule has 0 saturated heterocycles. The Bertz CT molecular complexity index is 1200. The van der Waals surface area contributed by atoms with Gasteiger partial charge in [0.15, 0.2) is 0 Å². The maximum absolute atomic E-state index is 2.77. The van der Waals surface area contributed by atoms with Gasteiger partial charge in [0.25, 0.3) is 0 Å². The van der Waals surface area contributed by atoms with Crippen LogP contribution >= 0.6 is 15.8 Å². The van der Waals surface area contributed by atoms with Crippen molar-refractivity contribution in [1.82, 2.24) is 0 Å². The molecule has 0 unspecified atom stereocenters. The van der Waals surface area contributed by atoms with Gasteiger partial charge in [-0.3, -0.25) is 0 Å². The number of anilines is 2. The lowest BCUT2D eigenvalue weighted by Crippen LogP contribution is -2.47. The van der Waals surface area contributed by atoms with Gasteiger partial charge in [0.05, 0.1) is 6.67 Å². The number of rotatable bonds is 6. The monoisotopic (exact) mass is 664 g/mol. The highest BCUT2D eigenvalue weighted by molar-refractivity contribution is 7.67. The Hall–Kier alpha value is -0.970. The number of hydrogen-bond acceptors (Lipinski definition) is 2. The van der Waals surface area contributed by atoms with Crippen LogP contribution in [0.5, 0.6) is 0 Å². The Morgan fingerprint density at radius 1 is 0.447 bits per heavy atom. The molecule has 2 aliphatic heterocycles. The van der Waals surface area contributed by atoms with Gasteiger partial charge in [-0.1, -0.05) is 92.9 Å². The largest absolute Gasteiger partial charge is 0.349 e. The second-order valence-electron chi connectivity index (χ2n) is 16.1. The molecule has 4 aliphatic carbocycles. The van der Waals surface area contributed by atoms with Crippen LogP contribution in [0.25, 0.3) is 0 Å². The van der Waals surface area contributed by atoms with Gasteiger partial charge < -0.3 is 9.80 Å². The van der Waals surface area contributed by atoms with Crippen molar-refractivity contribution in [2.75, 3.05) is 16.5 Å². The second kappa shape index (κ2) is 15.9. The predicted molar refractivity (Wildman–Crippen MR) is 212 cm³/mol.